The van der Waals surface area contributed by atoms with Crippen LogP contribution in [-0.4, -0.2) is 33.2 Å². The van der Waals surface area contributed by atoms with Gasteiger partial charge in [-0.15, -0.1) is 0 Å². The first kappa shape index (κ1) is 16.1. The van der Waals surface area contributed by atoms with E-state index in [1.54, 1.807) is 24.3 Å². The molecular formula is C13H17N3O3S. The quantitative estimate of drug-likeness (QED) is 0.731. The molecule has 1 aromatic rings. The van der Waals surface area contributed by atoms with Gasteiger partial charge >= 0.3 is 0 Å². The van der Waals surface area contributed by atoms with E-state index in [4.69, 9.17) is 11.0 Å². The maximum Gasteiger partial charge on any atom is 0.221 e. The smallest absolute Gasteiger partial charge is 0.221 e. The van der Waals surface area contributed by atoms with E-state index in [0.29, 0.717) is 24.2 Å². The molecule has 0 aliphatic heterocycles. The van der Waals surface area contributed by atoms with Crippen LogP contribution >= 0.6 is 0 Å². The third-order valence-electron chi connectivity index (χ3n) is 2.62. The van der Waals surface area contributed by atoms with Crippen molar-refractivity contribution in [2.45, 2.75) is 12.2 Å². The third kappa shape index (κ3) is 5.38. The summed E-state index contributed by atoms with van der Waals surface area (Å²) in [7, 11) is -3.43. The largest absolute Gasteiger partial charge is 0.355 e. The summed E-state index contributed by atoms with van der Waals surface area (Å²) < 4.78 is 23.9. The zero-order valence-electron chi connectivity index (χ0n) is 11.0. The number of carbonyl (C=O) groups is 1. The lowest BCUT2D eigenvalue weighted by Crippen LogP contribution is -2.30. The molecule has 7 heteroatoms. The molecule has 0 radical (unpaired) electrons. The Morgan fingerprint density at radius 3 is 2.70 bits per heavy atom. The molecular weight excluding hydrogens is 278 g/mol. The van der Waals surface area contributed by atoms with E-state index in [9.17, 15) is 13.2 Å². The van der Waals surface area contributed by atoms with E-state index in [0.717, 1.165) is 0 Å². The number of benzene rings is 1. The molecule has 0 aliphatic rings. The van der Waals surface area contributed by atoms with Crippen molar-refractivity contribution in [3.8, 4) is 6.07 Å². The van der Waals surface area contributed by atoms with Crippen LogP contribution < -0.4 is 11.1 Å². The van der Waals surface area contributed by atoms with Gasteiger partial charge in [-0.1, -0.05) is 18.2 Å². The number of hydrogen-bond acceptors (Lipinski definition) is 5. The molecule has 0 atom stereocenters. The Bertz CT molecular complexity index is 606. The molecule has 108 valence electrons. The summed E-state index contributed by atoms with van der Waals surface area (Å²) in [5.74, 6) is -0.822. The number of sulfone groups is 1. The highest BCUT2D eigenvalue weighted by atomic mass is 32.2. The standard InChI is InChI=1S/C13H17N3O3S/c14-6-7-16-13(17)5-8-20(18,19)10-12-4-2-1-3-11(12)9-15/h1-4H,5-8,10,14H2,(H,16,17). The van der Waals surface area contributed by atoms with Gasteiger partial charge in [0.2, 0.25) is 5.91 Å². The Morgan fingerprint density at radius 2 is 2.05 bits per heavy atom. The second-order valence-corrected chi connectivity index (χ2v) is 6.43. The Balaban J connectivity index is 2.62. The molecule has 1 aromatic carbocycles. The lowest BCUT2D eigenvalue weighted by atomic mass is 10.1. The number of hydrogen-bond donors (Lipinski definition) is 2. The van der Waals surface area contributed by atoms with Gasteiger partial charge in [0.1, 0.15) is 0 Å². The first-order chi connectivity index (χ1) is 9.48. The summed E-state index contributed by atoms with van der Waals surface area (Å²) in [6.45, 7) is 0.643. The van der Waals surface area contributed by atoms with E-state index in [-0.39, 0.29) is 23.8 Å². The van der Waals surface area contributed by atoms with E-state index >= 15 is 0 Å². The third-order valence-corrected chi connectivity index (χ3v) is 4.20. The summed E-state index contributed by atoms with van der Waals surface area (Å²) >= 11 is 0. The minimum atomic E-state index is -3.43. The number of amides is 1. The maximum absolute atomic E-state index is 11.9. The van der Waals surface area contributed by atoms with Gasteiger partial charge in [-0.2, -0.15) is 5.26 Å². The second kappa shape index (κ2) is 7.62. The summed E-state index contributed by atoms with van der Waals surface area (Å²) in [6.07, 6.45) is -0.100. The first-order valence-electron chi connectivity index (χ1n) is 6.13. The van der Waals surface area contributed by atoms with Gasteiger partial charge in [0.25, 0.3) is 0 Å². The van der Waals surface area contributed by atoms with Gasteiger partial charge < -0.3 is 11.1 Å². The molecule has 1 amide bonds. The van der Waals surface area contributed by atoms with Crippen molar-refractivity contribution in [1.29, 1.82) is 5.26 Å². The van der Waals surface area contributed by atoms with Crippen LogP contribution in [-0.2, 0) is 20.4 Å². The van der Waals surface area contributed by atoms with Gasteiger partial charge in [-0.05, 0) is 11.6 Å². The van der Waals surface area contributed by atoms with Crippen LogP contribution in [0, 0.1) is 11.3 Å². The lowest BCUT2D eigenvalue weighted by molar-refractivity contribution is -0.120. The number of rotatable bonds is 7. The number of nitrogens with two attached hydrogens (primary N) is 1. The zero-order chi connectivity index (χ0) is 15.0. The Hall–Kier alpha value is -1.91. The molecule has 0 unspecified atom stereocenters. The van der Waals surface area contributed by atoms with Gasteiger partial charge in [0, 0.05) is 19.5 Å². The van der Waals surface area contributed by atoms with Crippen LogP contribution in [0.3, 0.4) is 0 Å². The zero-order valence-corrected chi connectivity index (χ0v) is 11.8. The minimum absolute atomic E-state index is 0.100. The molecule has 0 saturated carbocycles. The molecule has 0 heterocycles. The Labute approximate surface area is 118 Å². The molecule has 6 nitrogen and oxygen atoms in total. The van der Waals surface area contributed by atoms with Crippen LogP contribution in [0.4, 0.5) is 0 Å². The molecule has 0 aromatic heterocycles. The van der Waals surface area contributed by atoms with Crippen molar-refractivity contribution >= 4 is 15.7 Å². The van der Waals surface area contributed by atoms with Gasteiger partial charge in [-0.25, -0.2) is 8.42 Å². The molecule has 0 bridgehead atoms. The van der Waals surface area contributed by atoms with Gasteiger partial charge in [0.05, 0.1) is 23.1 Å². The predicted molar refractivity (Wildman–Crippen MR) is 75.3 cm³/mol. The molecule has 0 spiro atoms. The SMILES string of the molecule is N#Cc1ccccc1CS(=O)(=O)CCC(=O)NCCN. The van der Waals surface area contributed by atoms with E-state index in [1.165, 1.54) is 0 Å². The average Bonchev–Trinajstić information content (AvgIpc) is 2.43. The van der Waals surface area contributed by atoms with Crippen molar-refractivity contribution < 1.29 is 13.2 Å². The molecule has 0 saturated heterocycles. The minimum Gasteiger partial charge on any atom is -0.355 e. The van der Waals surface area contributed by atoms with Crippen molar-refractivity contribution in [3.05, 3.63) is 35.4 Å². The fourth-order valence-electron chi connectivity index (χ4n) is 1.61. The Morgan fingerprint density at radius 1 is 1.35 bits per heavy atom. The van der Waals surface area contributed by atoms with Crippen LogP contribution in [0.15, 0.2) is 24.3 Å². The van der Waals surface area contributed by atoms with Crippen molar-refractivity contribution in [2.75, 3.05) is 18.8 Å². The second-order valence-electron chi connectivity index (χ2n) is 4.25. The summed E-state index contributed by atoms with van der Waals surface area (Å²) in [5.41, 5.74) is 6.02. The molecule has 1 rings (SSSR count). The van der Waals surface area contributed by atoms with E-state index < -0.39 is 9.84 Å². The maximum atomic E-state index is 11.9. The molecule has 3 N–H and O–H groups in total. The first-order valence-corrected chi connectivity index (χ1v) is 7.96. The highest BCUT2D eigenvalue weighted by Gasteiger charge is 2.16. The number of nitrogens with zero attached hydrogens (tertiary/aromatic N) is 1. The number of nitrogens with one attached hydrogen (secondary N) is 1. The molecule has 0 fully saturated rings. The number of carbonyl (C=O) groups excluding carboxylic acids is 1. The van der Waals surface area contributed by atoms with Crippen LogP contribution in [0.25, 0.3) is 0 Å². The normalized spacial score (nSPS) is 10.8. The van der Waals surface area contributed by atoms with Crippen LogP contribution in [0.1, 0.15) is 17.5 Å². The molecule has 20 heavy (non-hydrogen) atoms. The highest BCUT2D eigenvalue weighted by Crippen LogP contribution is 2.12. The fourth-order valence-corrected chi connectivity index (χ4v) is 2.98. The average molecular weight is 295 g/mol. The fraction of sp³-hybridized carbons (Fsp3) is 0.385. The van der Waals surface area contributed by atoms with Crippen molar-refractivity contribution in [1.82, 2.24) is 5.32 Å². The molecule has 0 aliphatic carbocycles. The Kier molecular flexibility index (Phi) is 6.15. The predicted octanol–water partition coefficient (Wildman–Crippen LogP) is -0.0619. The lowest BCUT2D eigenvalue weighted by Gasteiger charge is -2.06. The summed E-state index contributed by atoms with van der Waals surface area (Å²) in [6, 6.07) is 8.48. The summed E-state index contributed by atoms with van der Waals surface area (Å²) in [4.78, 5) is 11.3. The van der Waals surface area contributed by atoms with E-state index in [2.05, 4.69) is 5.32 Å². The monoisotopic (exact) mass is 295 g/mol. The van der Waals surface area contributed by atoms with Gasteiger partial charge in [-0.3, -0.25) is 4.79 Å². The highest BCUT2D eigenvalue weighted by molar-refractivity contribution is 7.90. The van der Waals surface area contributed by atoms with Crippen LogP contribution in [0.5, 0.6) is 0 Å². The van der Waals surface area contributed by atoms with E-state index in [1.807, 2.05) is 6.07 Å². The summed E-state index contributed by atoms with van der Waals surface area (Å²) in [5, 5.41) is 11.4. The van der Waals surface area contributed by atoms with Crippen molar-refractivity contribution in [2.24, 2.45) is 5.73 Å². The van der Waals surface area contributed by atoms with Crippen molar-refractivity contribution in [3.63, 3.8) is 0 Å². The van der Waals surface area contributed by atoms with Gasteiger partial charge in [0.15, 0.2) is 9.84 Å². The van der Waals surface area contributed by atoms with Crippen LogP contribution in [0.2, 0.25) is 0 Å². The number of nitriles is 1. The topological polar surface area (TPSA) is 113 Å².